The molecule has 27 heavy (non-hydrogen) atoms. The second-order valence-corrected chi connectivity index (χ2v) is 7.27. The first-order valence-electron chi connectivity index (χ1n) is 8.72. The van der Waals surface area contributed by atoms with Gasteiger partial charge in [0.05, 0.1) is 18.1 Å². The fourth-order valence-corrected chi connectivity index (χ4v) is 3.43. The van der Waals surface area contributed by atoms with Crippen LogP contribution >= 0.6 is 0 Å². The SMILES string of the molecule is CCNS(=O)(=O)c1ccc(C(=O)Nc2ccc(OCC)c(OCC)c2)cc1. The second kappa shape index (κ2) is 9.38. The van der Waals surface area contributed by atoms with Gasteiger partial charge in [0.2, 0.25) is 10.0 Å². The van der Waals surface area contributed by atoms with Crippen LogP contribution in [0.1, 0.15) is 31.1 Å². The van der Waals surface area contributed by atoms with Crippen LogP contribution in [0.3, 0.4) is 0 Å². The molecule has 2 aromatic carbocycles. The van der Waals surface area contributed by atoms with Gasteiger partial charge >= 0.3 is 0 Å². The number of rotatable bonds is 9. The summed E-state index contributed by atoms with van der Waals surface area (Å²) >= 11 is 0. The Morgan fingerprint density at radius 1 is 0.926 bits per heavy atom. The number of sulfonamides is 1. The predicted molar refractivity (Wildman–Crippen MR) is 104 cm³/mol. The third-order valence-electron chi connectivity index (χ3n) is 3.56. The van der Waals surface area contributed by atoms with Crippen molar-refractivity contribution in [1.82, 2.24) is 4.72 Å². The quantitative estimate of drug-likeness (QED) is 0.684. The van der Waals surface area contributed by atoms with Crippen molar-refractivity contribution in [1.29, 1.82) is 0 Å². The third kappa shape index (κ3) is 5.45. The minimum Gasteiger partial charge on any atom is -0.490 e. The zero-order chi connectivity index (χ0) is 19.9. The smallest absolute Gasteiger partial charge is 0.255 e. The van der Waals surface area contributed by atoms with Crippen molar-refractivity contribution < 1.29 is 22.7 Å². The van der Waals surface area contributed by atoms with Crippen molar-refractivity contribution in [3.05, 3.63) is 48.0 Å². The van der Waals surface area contributed by atoms with Crippen LogP contribution in [0.15, 0.2) is 47.4 Å². The summed E-state index contributed by atoms with van der Waals surface area (Å²) < 4.78 is 37.4. The van der Waals surface area contributed by atoms with Gasteiger partial charge in [-0.2, -0.15) is 0 Å². The van der Waals surface area contributed by atoms with Gasteiger partial charge in [-0.15, -0.1) is 0 Å². The van der Waals surface area contributed by atoms with E-state index >= 15 is 0 Å². The summed E-state index contributed by atoms with van der Waals surface area (Å²) in [4.78, 5) is 12.5. The van der Waals surface area contributed by atoms with Crippen LogP contribution in [0.5, 0.6) is 11.5 Å². The highest BCUT2D eigenvalue weighted by Gasteiger charge is 2.14. The van der Waals surface area contributed by atoms with E-state index in [9.17, 15) is 13.2 Å². The molecule has 7 nitrogen and oxygen atoms in total. The van der Waals surface area contributed by atoms with Crippen molar-refractivity contribution in [3.63, 3.8) is 0 Å². The summed E-state index contributed by atoms with van der Waals surface area (Å²) in [5, 5.41) is 2.77. The summed E-state index contributed by atoms with van der Waals surface area (Å²) in [6, 6.07) is 10.9. The molecule has 0 radical (unpaired) electrons. The van der Waals surface area contributed by atoms with Gasteiger partial charge in [0.15, 0.2) is 11.5 Å². The summed E-state index contributed by atoms with van der Waals surface area (Å²) in [6.45, 7) is 6.72. The minimum atomic E-state index is -3.55. The van der Waals surface area contributed by atoms with Gasteiger partial charge in [-0.25, -0.2) is 13.1 Å². The van der Waals surface area contributed by atoms with Gasteiger partial charge in [-0.1, -0.05) is 6.92 Å². The van der Waals surface area contributed by atoms with Gasteiger partial charge in [0, 0.05) is 23.9 Å². The van der Waals surface area contributed by atoms with E-state index in [0.29, 0.717) is 42.5 Å². The van der Waals surface area contributed by atoms with E-state index in [-0.39, 0.29) is 10.8 Å². The molecule has 0 saturated carbocycles. The van der Waals surface area contributed by atoms with E-state index in [1.165, 1.54) is 24.3 Å². The Morgan fingerprint density at radius 3 is 2.15 bits per heavy atom. The van der Waals surface area contributed by atoms with Gasteiger partial charge in [-0.05, 0) is 50.2 Å². The Morgan fingerprint density at radius 2 is 1.56 bits per heavy atom. The van der Waals surface area contributed by atoms with E-state index in [2.05, 4.69) is 10.0 Å². The molecule has 0 aliphatic heterocycles. The maximum atomic E-state index is 12.4. The first-order valence-corrected chi connectivity index (χ1v) is 10.2. The standard InChI is InChI=1S/C19H24N2O5S/c1-4-20-27(23,24)16-10-7-14(8-11-16)19(22)21-15-9-12-17(25-5-2)18(13-15)26-6-3/h7-13,20H,4-6H2,1-3H3,(H,21,22). The highest BCUT2D eigenvalue weighted by atomic mass is 32.2. The van der Waals surface area contributed by atoms with Gasteiger partial charge < -0.3 is 14.8 Å². The van der Waals surface area contributed by atoms with Crippen LogP contribution < -0.4 is 19.5 Å². The Kier molecular flexibility index (Phi) is 7.20. The molecule has 2 aromatic rings. The van der Waals surface area contributed by atoms with E-state index in [4.69, 9.17) is 9.47 Å². The van der Waals surface area contributed by atoms with Crippen LogP contribution in [0.4, 0.5) is 5.69 Å². The van der Waals surface area contributed by atoms with E-state index in [1.54, 1.807) is 25.1 Å². The normalized spacial score (nSPS) is 11.1. The van der Waals surface area contributed by atoms with Crippen molar-refractivity contribution >= 4 is 21.6 Å². The van der Waals surface area contributed by atoms with Crippen LogP contribution in [0, 0.1) is 0 Å². The number of amides is 1. The molecule has 2 rings (SSSR count). The number of carbonyl (C=O) groups is 1. The van der Waals surface area contributed by atoms with E-state index < -0.39 is 10.0 Å². The molecule has 0 spiro atoms. The number of ether oxygens (including phenoxy) is 2. The molecule has 8 heteroatoms. The largest absolute Gasteiger partial charge is 0.490 e. The zero-order valence-corrected chi connectivity index (χ0v) is 16.4. The number of hydrogen-bond acceptors (Lipinski definition) is 5. The Labute approximate surface area is 159 Å². The number of carbonyl (C=O) groups excluding carboxylic acids is 1. The minimum absolute atomic E-state index is 0.112. The molecule has 0 fully saturated rings. The van der Waals surface area contributed by atoms with Crippen LogP contribution in [0.25, 0.3) is 0 Å². The first-order chi connectivity index (χ1) is 12.9. The number of benzene rings is 2. The lowest BCUT2D eigenvalue weighted by Crippen LogP contribution is -2.23. The molecule has 0 unspecified atom stereocenters. The monoisotopic (exact) mass is 392 g/mol. The molecule has 0 aliphatic rings. The third-order valence-corrected chi connectivity index (χ3v) is 5.12. The second-order valence-electron chi connectivity index (χ2n) is 5.51. The molecule has 0 heterocycles. The lowest BCUT2D eigenvalue weighted by molar-refractivity contribution is 0.102. The zero-order valence-electron chi connectivity index (χ0n) is 15.6. The summed E-state index contributed by atoms with van der Waals surface area (Å²) in [7, 11) is -3.55. The molecule has 0 aliphatic carbocycles. The summed E-state index contributed by atoms with van der Waals surface area (Å²) in [5.74, 6) is 0.800. The Hall–Kier alpha value is -2.58. The molecule has 1 amide bonds. The predicted octanol–water partition coefficient (Wildman–Crippen LogP) is 3.03. The Balaban J connectivity index is 2.16. The molecule has 2 N–H and O–H groups in total. The average Bonchev–Trinajstić information content (AvgIpc) is 2.64. The van der Waals surface area contributed by atoms with Crippen molar-refractivity contribution in [3.8, 4) is 11.5 Å². The molecular weight excluding hydrogens is 368 g/mol. The van der Waals surface area contributed by atoms with Crippen molar-refractivity contribution in [2.24, 2.45) is 0 Å². The number of nitrogens with one attached hydrogen (secondary N) is 2. The van der Waals surface area contributed by atoms with Gasteiger partial charge in [0.25, 0.3) is 5.91 Å². The van der Waals surface area contributed by atoms with Crippen molar-refractivity contribution in [2.45, 2.75) is 25.7 Å². The lowest BCUT2D eigenvalue weighted by Gasteiger charge is -2.13. The molecule has 146 valence electrons. The Bertz CT molecular complexity index is 879. The van der Waals surface area contributed by atoms with E-state index in [0.717, 1.165) is 0 Å². The topological polar surface area (TPSA) is 93.7 Å². The number of hydrogen-bond donors (Lipinski definition) is 2. The van der Waals surface area contributed by atoms with E-state index in [1.807, 2.05) is 13.8 Å². The fourth-order valence-electron chi connectivity index (χ4n) is 2.39. The number of anilines is 1. The highest BCUT2D eigenvalue weighted by Crippen LogP contribution is 2.30. The lowest BCUT2D eigenvalue weighted by atomic mass is 10.2. The molecule has 0 bridgehead atoms. The fraction of sp³-hybridized carbons (Fsp3) is 0.316. The molecular formula is C19H24N2O5S. The molecule has 0 atom stereocenters. The summed E-state index contributed by atoms with van der Waals surface area (Å²) in [5.41, 5.74) is 0.897. The molecule has 0 aromatic heterocycles. The van der Waals surface area contributed by atoms with Crippen LogP contribution in [0.2, 0.25) is 0 Å². The maximum Gasteiger partial charge on any atom is 0.255 e. The molecule has 0 saturated heterocycles. The maximum absolute atomic E-state index is 12.4. The average molecular weight is 392 g/mol. The van der Waals surface area contributed by atoms with Gasteiger partial charge in [-0.3, -0.25) is 4.79 Å². The van der Waals surface area contributed by atoms with Crippen LogP contribution in [-0.2, 0) is 10.0 Å². The highest BCUT2D eigenvalue weighted by molar-refractivity contribution is 7.89. The van der Waals surface area contributed by atoms with Gasteiger partial charge in [0.1, 0.15) is 0 Å². The van der Waals surface area contributed by atoms with Crippen LogP contribution in [-0.4, -0.2) is 34.1 Å². The summed E-state index contributed by atoms with van der Waals surface area (Å²) in [6.07, 6.45) is 0. The van der Waals surface area contributed by atoms with Crippen molar-refractivity contribution in [2.75, 3.05) is 25.1 Å². The first kappa shape index (κ1) is 20.7.